The molecule has 0 aromatic carbocycles. The van der Waals surface area contributed by atoms with Gasteiger partial charge in [0.05, 0.1) is 0 Å². The molecule has 0 aromatic heterocycles. The zero-order valence-corrected chi connectivity index (χ0v) is 6.31. The summed E-state index contributed by atoms with van der Waals surface area (Å²) in [5.41, 5.74) is 0. The first kappa shape index (κ1) is 6.38. The number of fused-ring (bicyclic) bond motifs is 1. The maximum atomic E-state index is 11.0. The minimum Gasteiger partial charge on any atom is -0.300 e. The van der Waals surface area contributed by atoms with Crippen LogP contribution in [0.2, 0.25) is 0 Å². The van der Waals surface area contributed by atoms with E-state index in [1.165, 1.54) is 25.7 Å². The van der Waals surface area contributed by atoms with Crippen molar-refractivity contribution in [2.24, 2.45) is 11.8 Å². The van der Waals surface area contributed by atoms with Gasteiger partial charge in [-0.15, -0.1) is 0 Å². The summed E-state index contributed by atoms with van der Waals surface area (Å²) in [6, 6.07) is 0. The van der Waals surface area contributed by atoms with Crippen LogP contribution in [0, 0.1) is 11.8 Å². The molecular formula is C9H14O. The summed E-state index contributed by atoms with van der Waals surface area (Å²) >= 11 is 0. The van der Waals surface area contributed by atoms with E-state index >= 15 is 0 Å². The molecule has 0 heterocycles. The molecule has 0 aromatic rings. The second-order valence-corrected chi connectivity index (χ2v) is 3.73. The van der Waals surface area contributed by atoms with Crippen molar-refractivity contribution in [2.45, 2.75) is 38.5 Å². The molecule has 1 heteroatoms. The molecule has 0 N–H and O–H groups in total. The molecule has 2 fully saturated rings. The van der Waals surface area contributed by atoms with Crippen molar-refractivity contribution < 1.29 is 4.79 Å². The summed E-state index contributed by atoms with van der Waals surface area (Å²) in [4.78, 5) is 11.0. The van der Waals surface area contributed by atoms with Crippen LogP contribution in [0.15, 0.2) is 0 Å². The lowest BCUT2D eigenvalue weighted by molar-refractivity contribution is -0.122. The number of hydrogen-bond acceptors (Lipinski definition) is 1. The molecule has 0 radical (unpaired) electrons. The van der Waals surface area contributed by atoms with Crippen LogP contribution in [0.25, 0.3) is 0 Å². The van der Waals surface area contributed by atoms with Crippen molar-refractivity contribution in [3.05, 3.63) is 0 Å². The minimum atomic E-state index is 0.517. The molecule has 0 unspecified atom stereocenters. The summed E-state index contributed by atoms with van der Waals surface area (Å²) < 4.78 is 0. The van der Waals surface area contributed by atoms with Gasteiger partial charge in [0, 0.05) is 12.8 Å². The molecule has 0 spiro atoms. The maximum absolute atomic E-state index is 11.0. The molecule has 10 heavy (non-hydrogen) atoms. The topological polar surface area (TPSA) is 17.1 Å². The van der Waals surface area contributed by atoms with E-state index in [-0.39, 0.29) is 0 Å². The van der Waals surface area contributed by atoms with Gasteiger partial charge in [0.1, 0.15) is 5.78 Å². The third-order valence-corrected chi connectivity index (χ3v) is 3.10. The Hall–Kier alpha value is -0.330. The predicted octanol–water partition coefficient (Wildman–Crippen LogP) is 2.16. The van der Waals surface area contributed by atoms with E-state index in [4.69, 9.17) is 0 Å². The molecule has 2 rings (SSSR count). The average molecular weight is 138 g/mol. The minimum absolute atomic E-state index is 0.517. The van der Waals surface area contributed by atoms with Gasteiger partial charge in [-0.1, -0.05) is 12.8 Å². The lowest BCUT2D eigenvalue weighted by Crippen LogP contribution is -2.19. The zero-order valence-electron chi connectivity index (χ0n) is 6.31. The Bertz CT molecular complexity index is 151. The van der Waals surface area contributed by atoms with Gasteiger partial charge in [0.25, 0.3) is 0 Å². The van der Waals surface area contributed by atoms with Crippen molar-refractivity contribution >= 4 is 5.78 Å². The Morgan fingerprint density at radius 3 is 2.80 bits per heavy atom. The summed E-state index contributed by atoms with van der Waals surface area (Å²) in [5.74, 6) is 2.24. The first-order valence-electron chi connectivity index (χ1n) is 4.38. The molecule has 0 amide bonds. The molecule has 2 atom stereocenters. The normalized spacial score (nSPS) is 39.8. The number of rotatable bonds is 0. The van der Waals surface area contributed by atoms with E-state index in [0.29, 0.717) is 5.78 Å². The van der Waals surface area contributed by atoms with Gasteiger partial charge < -0.3 is 0 Å². The summed E-state index contributed by atoms with van der Waals surface area (Å²) in [5, 5.41) is 0. The van der Waals surface area contributed by atoms with E-state index < -0.39 is 0 Å². The van der Waals surface area contributed by atoms with Crippen LogP contribution in [0.1, 0.15) is 38.5 Å². The first-order valence-corrected chi connectivity index (χ1v) is 4.38. The smallest absolute Gasteiger partial charge is 0.133 e. The van der Waals surface area contributed by atoms with Crippen LogP contribution in [-0.4, -0.2) is 5.78 Å². The SMILES string of the molecule is O=C1CC[C@@H]2CCC[C@H]2C1. The molecule has 56 valence electrons. The molecule has 1 nitrogen and oxygen atoms in total. The summed E-state index contributed by atoms with van der Waals surface area (Å²) in [6.07, 6.45) is 7.09. The van der Waals surface area contributed by atoms with Crippen LogP contribution in [0.3, 0.4) is 0 Å². The number of carbonyl (C=O) groups is 1. The second-order valence-electron chi connectivity index (χ2n) is 3.73. The Labute approximate surface area is 61.8 Å². The Balaban J connectivity index is 2.03. The third-order valence-electron chi connectivity index (χ3n) is 3.10. The largest absolute Gasteiger partial charge is 0.300 e. The molecule has 0 saturated heterocycles. The highest BCUT2D eigenvalue weighted by Crippen LogP contribution is 2.40. The van der Waals surface area contributed by atoms with Crippen LogP contribution < -0.4 is 0 Å². The highest BCUT2D eigenvalue weighted by atomic mass is 16.1. The number of hydrogen-bond donors (Lipinski definition) is 0. The van der Waals surface area contributed by atoms with Crippen molar-refractivity contribution in [3.8, 4) is 0 Å². The van der Waals surface area contributed by atoms with E-state index in [2.05, 4.69) is 0 Å². The van der Waals surface area contributed by atoms with Crippen LogP contribution in [-0.2, 0) is 4.79 Å². The molecule has 2 saturated carbocycles. The van der Waals surface area contributed by atoms with Crippen molar-refractivity contribution in [1.29, 1.82) is 0 Å². The Morgan fingerprint density at radius 2 is 1.90 bits per heavy atom. The lowest BCUT2D eigenvalue weighted by atomic mass is 9.81. The standard InChI is InChI=1S/C9H14O/c10-9-5-4-7-2-1-3-8(7)6-9/h7-8H,1-6H2/t7-,8-/m0/s1. The fourth-order valence-corrected chi connectivity index (χ4v) is 2.50. The predicted molar refractivity (Wildman–Crippen MR) is 39.7 cm³/mol. The van der Waals surface area contributed by atoms with E-state index in [0.717, 1.165) is 24.7 Å². The van der Waals surface area contributed by atoms with Crippen molar-refractivity contribution in [3.63, 3.8) is 0 Å². The van der Waals surface area contributed by atoms with Gasteiger partial charge in [0.2, 0.25) is 0 Å². The Morgan fingerprint density at radius 1 is 1.10 bits per heavy atom. The monoisotopic (exact) mass is 138 g/mol. The Kier molecular flexibility index (Phi) is 1.51. The van der Waals surface area contributed by atoms with Crippen molar-refractivity contribution in [2.75, 3.05) is 0 Å². The van der Waals surface area contributed by atoms with Crippen LogP contribution in [0.5, 0.6) is 0 Å². The molecule has 2 aliphatic rings. The van der Waals surface area contributed by atoms with Crippen LogP contribution in [0.4, 0.5) is 0 Å². The average Bonchev–Trinajstić information content (AvgIpc) is 2.33. The molecular weight excluding hydrogens is 124 g/mol. The van der Waals surface area contributed by atoms with Gasteiger partial charge in [-0.2, -0.15) is 0 Å². The zero-order chi connectivity index (χ0) is 6.97. The highest BCUT2D eigenvalue weighted by molar-refractivity contribution is 5.79. The molecule has 2 aliphatic carbocycles. The molecule has 0 bridgehead atoms. The van der Waals surface area contributed by atoms with Gasteiger partial charge in [-0.25, -0.2) is 0 Å². The highest BCUT2D eigenvalue weighted by Gasteiger charge is 2.32. The van der Waals surface area contributed by atoms with E-state index in [1.807, 2.05) is 0 Å². The van der Waals surface area contributed by atoms with Gasteiger partial charge in [0.15, 0.2) is 0 Å². The number of Topliss-reactive ketones (excluding diaryl/α,β-unsaturated/α-hetero) is 1. The van der Waals surface area contributed by atoms with E-state index in [1.54, 1.807) is 0 Å². The fourth-order valence-electron chi connectivity index (χ4n) is 2.50. The van der Waals surface area contributed by atoms with Gasteiger partial charge in [-0.05, 0) is 24.7 Å². The summed E-state index contributed by atoms with van der Waals surface area (Å²) in [6.45, 7) is 0. The summed E-state index contributed by atoms with van der Waals surface area (Å²) in [7, 11) is 0. The number of ketones is 1. The molecule has 0 aliphatic heterocycles. The van der Waals surface area contributed by atoms with Crippen LogP contribution >= 0.6 is 0 Å². The van der Waals surface area contributed by atoms with Gasteiger partial charge >= 0.3 is 0 Å². The number of carbonyl (C=O) groups excluding carboxylic acids is 1. The third kappa shape index (κ3) is 0.979. The first-order chi connectivity index (χ1) is 4.86. The maximum Gasteiger partial charge on any atom is 0.133 e. The van der Waals surface area contributed by atoms with Gasteiger partial charge in [-0.3, -0.25) is 4.79 Å². The van der Waals surface area contributed by atoms with Crippen molar-refractivity contribution in [1.82, 2.24) is 0 Å². The quantitative estimate of drug-likeness (QED) is 0.501. The van der Waals surface area contributed by atoms with E-state index in [9.17, 15) is 4.79 Å². The second kappa shape index (κ2) is 2.37. The lowest BCUT2D eigenvalue weighted by Gasteiger charge is -2.23. The fraction of sp³-hybridized carbons (Fsp3) is 0.889.